The van der Waals surface area contributed by atoms with Gasteiger partial charge in [-0.2, -0.15) is 0 Å². The van der Waals surface area contributed by atoms with Crippen LogP contribution in [0.3, 0.4) is 0 Å². The molecule has 5 nitrogen and oxygen atoms in total. The van der Waals surface area contributed by atoms with E-state index in [9.17, 15) is 9.59 Å². The number of amides is 1. The molecule has 0 bridgehead atoms. The average Bonchev–Trinajstić information content (AvgIpc) is 2.36. The van der Waals surface area contributed by atoms with Crippen molar-refractivity contribution in [2.24, 2.45) is 5.41 Å². The first kappa shape index (κ1) is 17.0. The second-order valence-electron chi connectivity index (χ2n) is 6.12. The molecule has 0 spiro atoms. The molecule has 0 heterocycles. The monoisotopic (exact) mass is 293 g/mol. The van der Waals surface area contributed by atoms with E-state index in [4.69, 9.17) is 9.84 Å². The molecule has 1 rings (SSSR count). The lowest BCUT2D eigenvalue weighted by Crippen LogP contribution is -2.49. The fourth-order valence-electron chi connectivity index (χ4n) is 1.78. The molecule has 0 aromatic heterocycles. The first-order valence-corrected chi connectivity index (χ1v) is 6.92. The fraction of sp³-hybridized carbons (Fsp3) is 0.500. The Balaban J connectivity index is 2.43. The summed E-state index contributed by atoms with van der Waals surface area (Å²) in [4.78, 5) is 23.0. The molecule has 1 amide bonds. The zero-order valence-electron chi connectivity index (χ0n) is 13.0. The van der Waals surface area contributed by atoms with Crippen molar-refractivity contribution in [3.05, 3.63) is 29.8 Å². The van der Waals surface area contributed by atoms with Crippen molar-refractivity contribution >= 4 is 11.9 Å². The van der Waals surface area contributed by atoms with Gasteiger partial charge in [-0.3, -0.25) is 4.79 Å². The van der Waals surface area contributed by atoms with Crippen molar-refractivity contribution in [2.75, 3.05) is 6.61 Å². The number of ether oxygens (including phenoxy) is 1. The number of hydrogen-bond donors (Lipinski definition) is 2. The summed E-state index contributed by atoms with van der Waals surface area (Å²) in [6.07, 6.45) is 0.119. The number of carboxylic acid groups (broad SMARTS) is 1. The SMILES string of the molecule is Cc1ccc(OCCC(=O)NC(C(=O)O)C(C)(C)C)cc1. The van der Waals surface area contributed by atoms with Crippen LogP contribution in [0.15, 0.2) is 24.3 Å². The highest BCUT2D eigenvalue weighted by atomic mass is 16.5. The second kappa shape index (κ2) is 7.11. The zero-order chi connectivity index (χ0) is 16.0. The largest absolute Gasteiger partial charge is 0.493 e. The maximum atomic E-state index is 11.8. The number of carboxylic acids is 1. The lowest BCUT2D eigenvalue weighted by molar-refractivity contribution is -0.145. The number of benzene rings is 1. The van der Waals surface area contributed by atoms with E-state index >= 15 is 0 Å². The molecule has 1 aromatic carbocycles. The summed E-state index contributed by atoms with van der Waals surface area (Å²) in [5.41, 5.74) is 0.592. The van der Waals surface area contributed by atoms with E-state index in [2.05, 4.69) is 5.32 Å². The van der Waals surface area contributed by atoms with Gasteiger partial charge >= 0.3 is 5.97 Å². The van der Waals surface area contributed by atoms with Gasteiger partial charge in [0, 0.05) is 0 Å². The van der Waals surface area contributed by atoms with Crippen molar-refractivity contribution in [3.63, 3.8) is 0 Å². The zero-order valence-corrected chi connectivity index (χ0v) is 13.0. The third-order valence-electron chi connectivity index (χ3n) is 3.04. The Hall–Kier alpha value is -2.04. The molecule has 0 radical (unpaired) electrons. The molecule has 2 N–H and O–H groups in total. The van der Waals surface area contributed by atoms with Gasteiger partial charge in [0.1, 0.15) is 11.8 Å². The molecular formula is C16H23NO4. The molecule has 1 atom stereocenters. The summed E-state index contributed by atoms with van der Waals surface area (Å²) < 4.78 is 5.45. The van der Waals surface area contributed by atoms with Crippen molar-refractivity contribution in [3.8, 4) is 5.75 Å². The van der Waals surface area contributed by atoms with E-state index < -0.39 is 17.4 Å². The third kappa shape index (κ3) is 5.85. The Morgan fingerprint density at radius 3 is 2.29 bits per heavy atom. The summed E-state index contributed by atoms with van der Waals surface area (Å²) >= 11 is 0. The van der Waals surface area contributed by atoms with E-state index in [1.54, 1.807) is 20.8 Å². The van der Waals surface area contributed by atoms with Crippen molar-refractivity contribution in [2.45, 2.75) is 40.2 Å². The molecule has 0 saturated carbocycles. The molecule has 1 unspecified atom stereocenters. The summed E-state index contributed by atoms with van der Waals surface area (Å²) in [5.74, 6) is -0.668. The van der Waals surface area contributed by atoms with Crippen LogP contribution in [0.4, 0.5) is 0 Å². The first-order valence-electron chi connectivity index (χ1n) is 6.92. The molecule has 0 aliphatic rings. The first-order chi connectivity index (χ1) is 9.70. The Morgan fingerprint density at radius 1 is 1.24 bits per heavy atom. The predicted molar refractivity (Wildman–Crippen MR) is 80.3 cm³/mol. The minimum atomic E-state index is -1.03. The van der Waals surface area contributed by atoms with Crippen molar-refractivity contribution in [1.82, 2.24) is 5.32 Å². The molecule has 0 saturated heterocycles. The van der Waals surface area contributed by atoms with E-state index in [0.717, 1.165) is 5.56 Å². The number of hydrogen-bond acceptors (Lipinski definition) is 3. The van der Waals surface area contributed by atoms with Gasteiger partial charge in [-0.05, 0) is 24.5 Å². The predicted octanol–water partition coefficient (Wildman–Crippen LogP) is 2.38. The van der Waals surface area contributed by atoms with Crippen LogP contribution in [0.25, 0.3) is 0 Å². The van der Waals surface area contributed by atoms with E-state index in [1.807, 2.05) is 31.2 Å². The lowest BCUT2D eigenvalue weighted by Gasteiger charge is -2.27. The van der Waals surface area contributed by atoms with E-state index in [-0.39, 0.29) is 18.9 Å². The number of aliphatic carboxylic acids is 1. The fourth-order valence-corrected chi connectivity index (χ4v) is 1.78. The van der Waals surface area contributed by atoms with Gasteiger partial charge < -0.3 is 15.2 Å². The minimum absolute atomic E-state index is 0.119. The standard InChI is InChI=1S/C16H23NO4/c1-11-5-7-12(8-6-11)21-10-9-13(18)17-14(15(19)20)16(2,3)4/h5-8,14H,9-10H2,1-4H3,(H,17,18)(H,19,20). The van der Waals surface area contributed by atoms with E-state index in [0.29, 0.717) is 5.75 Å². The van der Waals surface area contributed by atoms with Gasteiger partial charge in [-0.1, -0.05) is 38.5 Å². The van der Waals surface area contributed by atoms with Crippen molar-refractivity contribution in [1.29, 1.82) is 0 Å². The van der Waals surface area contributed by atoms with Crippen LogP contribution in [0.5, 0.6) is 5.75 Å². The Morgan fingerprint density at radius 2 is 1.81 bits per heavy atom. The van der Waals surface area contributed by atoms with Gasteiger partial charge in [0.15, 0.2) is 0 Å². The number of carbonyl (C=O) groups is 2. The second-order valence-corrected chi connectivity index (χ2v) is 6.12. The molecule has 0 aliphatic carbocycles. The number of aryl methyl sites for hydroxylation is 1. The Labute approximate surface area is 125 Å². The van der Waals surface area contributed by atoms with Crippen LogP contribution in [-0.4, -0.2) is 29.6 Å². The van der Waals surface area contributed by atoms with Gasteiger partial charge in [-0.25, -0.2) is 4.79 Å². The lowest BCUT2D eigenvalue weighted by atomic mass is 9.86. The van der Waals surface area contributed by atoms with E-state index in [1.165, 1.54) is 0 Å². The number of rotatable bonds is 6. The smallest absolute Gasteiger partial charge is 0.326 e. The molecule has 0 fully saturated rings. The summed E-state index contributed by atoms with van der Waals surface area (Å²) in [5, 5.41) is 11.7. The minimum Gasteiger partial charge on any atom is -0.493 e. The molecule has 21 heavy (non-hydrogen) atoms. The van der Waals surface area contributed by atoms with Gasteiger partial charge in [0.2, 0.25) is 5.91 Å². The van der Waals surface area contributed by atoms with Crippen LogP contribution in [0.1, 0.15) is 32.8 Å². The quantitative estimate of drug-likeness (QED) is 0.844. The highest BCUT2D eigenvalue weighted by Crippen LogP contribution is 2.19. The molecule has 1 aromatic rings. The number of carbonyl (C=O) groups excluding carboxylic acids is 1. The van der Waals surface area contributed by atoms with Crippen LogP contribution < -0.4 is 10.1 Å². The Bertz CT molecular complexity index is 488. The topological polar surface area (TPSA) is 75.6 Å². The van der Waals surface area contributed by atoms with Gasteiger partial charge in [-0.15, -0.1) is 0 Å². The number of nitrogens with one attached hydrogen (secondary N) is 1. The van der Waals surface area contributed by atoms with Crippen LogP contribution in [-0.2, 0) is 9.59 Å². The summed E-state index contributed by atoms with van der Waals surface area (Å²) in [7, 11) is 0. The molecule has 5 heteroatoms. The average molecular weight is 293 g/mol. The van der Waals surface area contributed by atoms with Crippen LogP contribution in [0.2, 0.25) is 0 Å². The van der Waals surface area contributed by atoms with Crippen LogP contribution >= 0.6 is 0 Å². The maximum absolute atomic E-state index is 11.8. The van der Waals surface area contributed by atoms with Gasteiger partial charge in [0.05, 0.1) is 13.0 Å². The molecule has 0 aliphatic heterocycles. The molecule has 116 valence electrons. The highest BCUT2D eigenvalue weighted by molar-refractivity contribution is 5.84. The van der Waals surface area contributed by atoms with Crippen LogP contribution in [0, 0.1) is 12.3 Å². The third-order valence-corrected chi connectivity index (χ3v) is 3.04. The normalized spacial score (nSPS) is 12.6. The van der Waals surface area contributed by atoms with Crippen molar-refractivity contribution < 1.29 is 19.4 Å². The highest BCUT2D eigenvalue weighted by Gasteiger charge is 2.32. The summed E-state index contributed by atoms with van der Waals surface area (Å²) in [6, 6.07) is 6.61. The van der Waals surface area contributed by atoms with Gasteiger partial charge in [0.25, 0.3) is 0 Å². The molecular weight excluding hydrogens is 270 g/mol. The summed E-state index contributed by atoms with van der Waals surface area (Å²) in [6.45, 7) is 7.51. The maximum Gasteiger partial charge on any atom is 0.326 e. The Kier molecular flexibility index (Phi) is 5.76.